The Morgan fingerprint density at radius 3 is 2.33 bits per heavy atom. The normalized spacial score (nSPS) is 11.4. The van der Waals surface area contributed by atoms with Crippen molar-refractivity contribution in [2.24, 2.45) is 0 Å². The van der Waals surface area contributed by atoms with E-state index in [4.69, 9.17) is 16.7 Å². The Bertz CT molecular complexity index is 681. The van der Waals surface area contributed by atoms with Crippen molar-refractivity contribution in [2.75, 3.05) is 0 Å². The molecule has 0 amide bonds. The van der Waals surface area contributed by atoms with E-state index >= 15 is 0 Å². The number of rotatable bonds is 3. The molecule has 0 spiro atoms. The number of carbonyl (C=O) groups is 1. The summed E-state index contributed by atoms with van der Waals surface area (Å²) >= 11 is 5.97. The molecule has 0 radical (unpaired) electrons. The van der Waals surface area contributed by atoms with Gasteiger partial charge in [0.1, 0.15) is 0 Å². The monoisotopic (exact) mass is 314 g/mol. The van der Waals surface area contributed by atoms with Gasteiger partial charge in [-0.15, -0.1) is 0 Å². The summed E-state index contributed by atoms with van der Waals surface area (Å²) in [7, 11) is 0. The fourth-order valence-corrected chi connectivity index (χ4v) is 2.16. The molecule has 0 fully saturated rings. The lowest BCUT2D eigenvalue weighted by Crippen LogP contribution is -2.04. The van der Waals surface area contributed by atoms with Crippen molar-refractivity contribution in [3.63, 3.8) is 0 Å². The van der Waals surface area contributed by atoms with Crippen LogP contribution in [0.15, 0.2) is 42.5 Å². The van der Waals surface area contributed by atoms with Crippen molar-refractivity contribution in [2.45, 2.75) is 12.6 Å². The molecule has 0 unspecified atom stereocenters. The van der Waals surface area contributed by atoms with Crippen LogP contribution in [0, 0.1) is 0 Å². The van der Waals surface area contributed by atoms with Crippen molar-refractivity contribution in [1.29, 1.82) is 0 Å². The number of alkyl halides is 3. The standard InChI is InChI=1S/C15H10ClF3O2/c16-13-7-10(4-5-11(13)8-14(20)21)9-2-1-3-12(6-9)15(17,18)19/h1-7H,8H2,(H,20,21). The van der Waals surface area contributed by atoms with Gasteiger partial charge in [-0.25, -0.2) is 0 Å². The highest BCUT2D eigenvalue weighted by Crippen LogP contribution is 2.33. The van der Waals surface area contributed by atoms with Gasteiger partial charge in [0.15, 0.2) is 0 Å². The van der Waals surface area contributed by atoms with E-state index in [2.05, 4.69) is 0 Å². The quantitative estimate of drug-likeness (QED) is 0.895. The van der Waals surface area contributed by atoms with Crippen LogP contribution in [0.3, 0.4) is 0 Å². The number of carboxylic acids is 1. The summed E-state index contributed by atoms with van der Waals surface area (Å²) in [5.74, 6) is -1.02. The van der Waals surface area contributed by atoms with Gasteiger partial charge in [0, 0.05) is 5.02 Å². The summed E-state index contributed by atoms with van der Waals surface area (Å²) in [6, 6.07) is 9.41. The van der Waals surface area contributed by atoms with Crippen LogP contribution in [-0.4, -0.2) is 11.1 Å². The van der Waals surface area contributed by atoms with Gasteiger partial charge in [0.05, 0.1) is 12.0 Å². The SMILES string of the molecule is O=C(O)Cc1ccc(-c2cccc(C(F)(F)F)c2)cc1Cl. The number of carboxylic acid groups (broad SMARTS) is 1. The molecule has 0 bridgehead atoms. The molecule has 2 aromatic carbocycles. The van der Waals surface area contributed by atoms with E-state index in [1.165, 1.54) is 24.3 Å². The summed E-state index contributed by atoms with van der Waals surface area (Å²) in [4.78, 5) is 10.6. The van der Waals surface area contributed by atoms with Crippen molar-refractivity contribution in [3.8, 4) is 11.1 Å². The first-order valence-corrected chi connectivity index (χ1v) is 6.33. The molecule has 110 valence electrons. The fourth-order valence-electron chi connectivity index (χ4n) is 1.91. The molecule has 0 saturated carbocycles. The van der Waals surface area contributed by atoms with Crippen LogP contribution in [0.2, 0.25) is 5.02 Å². The molecular formula is C15H10ClF3O2. The number of halogens is 4. The Morgan fingerprint density at radius 2 is 1.76 bits per heavy atom. The molecule has 0 aliphatic heterocycles. The molecule has 0 atom stereocenters. The summed E-state index contributed by atoms with van der Waals surface area (Å²) in [5, 5.41) is 8.94. The smallest absolute Gasteiger partial charge is 0.416 e. The second-order valence-electron chi connectivity index (χ2n) is 4.46. The predicted molar refractivity (Wildman–Crippen MR) is 73.2 cm³/mol. The van der Waals surface area contributed by atoms with Crippen molar-refractivity contribution in [1.82, 2.24) is 0 Å². The third kappa shape index (κ3) is 3.76. The molecule has 2 nitrogen and oxygen atoms in total. The molecular weight excluding hydrogens is 305 g/mol. The first kappa shape index (κ1) is 15.4. The average molecular weight is 315 g/mol. The third-order valence-electron chi connectivity index (χ3n) is 2.92. The molecule has 2 aromatic rings. The van der Waals surface area contributed by atoms with Crippen molar-refractivity contribution >= 4 is 17.6 Å². The maximum absolute atomic E-state index is 12.7. The minimum absolute atomic E-state index is 0.215. The largest absolute Gasteiger partial charge is 0.481 e. The van der Waals surface area contributed by atoms with E-state index in [1.807, 2.05) is 0 Å². The summed E-state index contributed by atoms with van der Waals surface area (Å²) in [6.45, 7) is 0. The minimum atomic E-state index is -4.41. The van der Waals surface area contributed by atoms with Crippen molar-refractivity contribution < 1.29 is 23.1 Å². The van der Waals surface area contributed by atoms with Gasteiger partial charge in [0.25, 0.3) is 0 Å². The van der Waals surface area contributed by atoms with E-state index in [0.717, 1.165) is 12.1 Å². The van der Waals surface area contributed by atoms with Crippen LogP contribution >= 0.6 is 11.6 Å². The highest BCUT2D eigenvalue weighted by molar-refractivity contribution is 6.31. The maximum atomic E-state index is 12.7. The van der Waals surface area contributed by atoms with E-state index in [1.54, 1.807) is 6.07 Å². The molecule has 2 rings (SSSR count). The number of aliphatic carboxylic acids is 1. The van der Waals surface area contributed by atoms with Gasteiger partial charge in [-0.2, -0.15) is 13.2 Å². The van der Waals surface area contributed by atoms with Gasteiger partial charge in [-0.1, -0.05) is 35.9 Å². The number of benzene rings is 2. The molecule has 1 N–H and O–H groups in total. The van der Waals surface area contributed by atoms with Crippen LogP contribution in [0.1, 0.15) is 11.1 Å². The molecule has 6 heteroatoms. The second-order valence-corrected chi connectivity index (χ2v) is 4.86. The zero-order valence-corrected chi connectivity index (χ0v) is 11.4. The Balaban J connectivity index is 2.39. The third-order valence-corrected chi connectivity index (χ3v) is 3.27. The molecule has 0 saturated heterocycles. The summed E-state index contributed by atoms with van der Waals surface area (Å²) in [6.07, 6.45) is -4.65. The van der Waals surface area contributed by atoms with E-state index < -0.39 is 17.7 Å². The topological polar surface area (TPSA) is 37.3 Å². The minimum Gasteiger partial charge on any atom is -0.481 e. The molecule has 21 heavy (non-hydrogen) atoms. The van der Waals surface area contributed by atoms with Gasteiger partial charge in [-0.05, 0) is 34.9 Å². The Kier molecular flexibility index (Phi) is 4.23. The van der Waals surface area contributed by atoms with Crippen LogP contribution < -0.4 is 0 Å². The maximum Gasteiger partial charge on any atom is 0.416 e. The lowest BCUT2D eigenvalue weighted by atomic mass is 10.0. The van der Waals surface area contributed by atoms with Gasteiger partial charge in [-0.3, -0.25) is 4.79 Å². The van der Waals surface area contributed by atoms with Gasteiger partial charge in [0.2, 0.25) is 0 Å². The lowest BCUT2D eigenvalue weighted by Gasteiger charge is -2.10. The van der Waals surface area contributed by atoms with E-state index in [9.17, 15) is 18.0 Å². The van der Waals surface area contributed by atoms with Gasteiger partial charge < -0.3 is 5.11 Å². The Morgan fingerprint density at radius 1 is 1.10 bits per heavy atom. The Hall–Kier alpha value is -2.01. The number of hydrogen-bond donors (Lipinski definition) is 1. The molecule has 0 aliphatic carbocycles. The van der Waals surface area contributed by atoms with E-state index in [0.29, 0.717) is 16.7 Å². The highest BCUT2D eigenvalue weighted by atomic mass is 35.5. The zero-order valence-electron chi connectivity index (χ0n) is 10.6. The first-order chi connectivity index (χ1) is 9.77. The van der Waals surface area contributed by atoms with Gasteiger partial charge >= 0.3 is 12.1 Å². The lowest BCUT2D eigenvalue weighted by molar-refractivity contribution is -0.138. The molecule has 0 heterocycles. The highest BCUT2D eigenvalue weighted by Gasteiger charge is 2.30. The van der Waals surface area contributed by atoms with E-state index in [-0.39, 0.29) is 11.4 Å². The zero-order chi connectivity index (χ0) is 15.6. The predicted octanol–water partition coefficient (Wildman–Crippen LogP) is 4.65. The fraction of sp³-hybridized carbons (Fsp3) is 0.133. The average Bonchev–Trinajstić information content (AvgIpc) is 2.40. The Labute approximate surface area is 123 Å². The van der Waals surface area contributed by atoms with Crippen molar-refractivity contribution in [3.05, 3.63) is 58.6 Å². The molecule has 0 aromatic heterocycles. The summed E-state index contributed by atoms with van der Waals surface area (Å²) in [5.41, 5.74) is 0.541. The van der Waals surface area contributed by atoms with Crippen LogP contribution in [0.25, 0.3) is 11.1 Å². The number of hydrogen-bond acceptors (Lipinski definition) is 1. The summed E-state index contributed by atoms with van der Waals surface area (Å²) < 4.78 is 38.0. The van der Waals surface area contributed by atoms with Crippen LogP contribution in [0.5, 0.6) is 0 Å². The van der Waals surface area contributed by atoms with Crippen LogP contribution in [0.4, 0.5) is 13.2 Å². The molecule has 0 aliphatic rings. The second kappa shape index (κ2) is 5.77. The van der Waals surface area contributed by atoms with Crippen LogP contribution in [-0.2, 0) is 17.4 Å². The first-order valence-electron chi connectivity index (χ1n) is 5.95.